The molecule has 1 aromatic heterocycles. The van der Waals surface area contributed by atoms with Crippen LogP contribution in [0, 0.1) is 0 Å². The molecule has 0 bridgehead atoms. The predicted octanol–water partition coefficient (Wildman–Crippen LogP) is 1.79. The van der Waals surface area contributed by atoms with Crippen molar-refractivity contribution in [3.63, 3.8) is 0 Å². The molecule has 4 heteroatoms. The third-order valence-corrected chi connectivity index (χ3v) is 2.27. The van der Waals surface area contributed by atoms with E-state index in [1.807, 2.05) is 6.33 Å². The highest BCUT2D eigenvalue weighted by Crippen LogP contribution is 2.28. The van der Waals surface area contributed by atoms with Crippen molar-refractivity contribution in [2.24, 2.45) is 4.99 Å². The summed E-state index contributed by atoms with van der Waals surface area (Å²) in [5.41, 5.74) is 1.04. The van der Waals surface area contributed by atoms with Crippen molar-refractivity contribution >= 4 is 12.2 Å². The van der Waals surface area contributed by atoms with Crippen LogP contribution in [0.5, 0.6) is 0 Å². The number of imidazole rings is 1. The Kier molecular flexibility index (Phi) is 1.83. The summed E-state index contributed by atoms with van der Waals surface area (Å²) in [5.74, 6) is 0.987. The van der Waals surface area contributed by atoms with Gasteiger partial charge in [0.1, 0.15) is 5.69 Å². The van der Waals surface area contributed by atoms with Gasteiger partial charge in [0.25, 0.3) is 0 Å². The summed E-state index contributed by atoms with van der Waals surface area (Å²) < 4.78 is 2.09. The molecule has 70 valence electrons. The number of aliphatic imine (C=N–C) groups is 1. The topological polar surface area (TPSA) is 42.2 Å². The molecule has 0 aromatic carbocycles. The third kappa shape index (κ3) is 1.22. The maximum atomic E-state index is 4.35. The molecule has 0 amide bonds. The van der Waals surface area contributed by atoms with Gasteiger partial charge in [0, 0.05) is 6.04 Å². The Balaban J connectivity index is 2.49. The van der Waals surface area contributed by atoms with E-state index in [0.717, 1.165) is 11.5 Å². The molecular formula is C9H14N4. The van der Waals surface area contributed by atoms with Gasteiger partial charge in [0.05, 0.1) is 18.7 Å². The molecule has 2 heterocycles. The van der Waals surface area contributed by atoms with Crippen molar-refractivity contribution < 1.29 is 0 Å². The zero-order valence-electron chi connectivity index (χ0n) is 8.15. The molecule has 0 spiro atoms. The van der Waals surface area contributed by atoms with Crippen LogP contribution >= 0.6 is 0 Å². The Morgan fingerprint density at radius 2 is 2.31 bits per heavy atom. The number of nitrogens with one attached hydrogen (secondary N) is 1. The fourth-order valence-corrected chi connectivity index (χ4v) is 1.47. The van der Waals surface area contributed by atoms with Crippen LogP contribution in [-0.4, -0.2) is 15.9 Å². The highest BCUT2D eigenvalue weighted by atomic mass is 15.2. The minimum atomic E-state index is 0.271. The van der Waals surface area contributed by atoms with Gasteiger partial charge in [-0.15, -0.1) is 0 Å². The van der Waals surface area contributed by atoms with Gasteiger partial charge in [-0.2, -0.15) is 0 Å². The van der Waals surface area contributed by atoms with E-state index in [0.29, 0.717) is 6.04 Å². The van der Waals surface area contributed by atoms with E-state index in [1.54, 1.807) is 6.34 Å². The molecule has 1 aliphatic rings. The van der Waals surface area contributed by atoms with E-state index in [-0.39, 0.29) is 6.04 Å². The van der Waals surface area contributed by atoms with Crippen LogP contribution in [0.1, 0.15) is 38.5 Å². The average Bonchev–Trinajstić information content (AvgIpc) is 2.48. The number of aromatic nitrogens is 2. The molecule has 0 radical (unpaired) electrons. The van der Waals surface area contributed by atoms with E-state index in [2.05, 4.69) is 40.6 Å². The summed E-state index contributed by atoms with van der Waals surface area (Å²) in [5, 5.41) is 3.12. The van der Waals surface area contributed by atoms with E-state index < -0.39 is 0 Å². The highest BCUT2D eigenvalue weighted by Gasteiger charge is 2.19. The molecule has 0 fully saturated rings. The lowest BCUT2D eigenvalue weighted by Gasteiger charge is -2.16. The second kappa shape index (κ2) is 2.87. The normalized spacial score (nSPS) is 20.2. The fourth-order valence-electron chi connectivity index (χ4n) is 1.47. The van der Waals surface area contributed by atoms with Crippen molar-refractivity contribution in [3.05, 3.63) is 12.0 Å². The first-order chi connectivity index (χ1) is 6.20. The Labute approximate surface area is 77.7 Å². The molecule has 1 N–H and O–H groups in total. The highest BCUT2D eigenvalue weighted by molar-refractivity contribution is 5.65. The molecule has 13 heavy (non-hydrogen) atoms. The fraction of sp³-hybridized carbons (Fsp3) is 0.556. The van der Waals surface area contributed by atoms with E-state index in [9.17, 15) is 0 Å². The van der Waals surface area contributed by atoms with Crippen LogP contribution in [0.3, 0.4) is 0 Å². The van der Waals surface area contributed by atoms with Gasteiger partial charge < -0.3 is 9.88 Å². The monoisotopic (exact) mass is 178 g/mol. The van der Waals surface area contributed by atoms with Crippen molar-refractivity contribution in [3.8, 4) is 0 Å². The predicted molar refractivity (Wildman–Crippen MR) is 52.3 cm³/mol. The summed E-state index contributed by atoms with van der Waals surface area (Å²) in [6.45, 7) is 6.34. The summed E-state index contributed by atoms with van der Waals surface area (Å²) >= 11 is 0. The maximum absolute atomic E-state index is 4.35. The summed E-state index contributed by atoms with van der Waals surface area (Å²) in [4.78, 5) is 8.63. The SMILES string of the molecule is CC1NC=Nc2c1ncn2C(C)C. The average molecular weight is 178 g/mol. The Morgan fingerprint density at radius 1 is 1.54 bits per heavy atom. The van der Waals surface area contributed by atoms with Crippen molar-refractivity contribution in [2.45, 2.75) is 32.9 Å². The lowest BCUT2D eigenvalue weighted by Crippen LogP contribution is -2.20. The lowest BCUT2D eigenvalue weighted by atomic mass is 10.2. The molecule has 1 unspecified atom stereocenters. The minimum Gasteiger partial charge on any atom is -0.368 e. The molecule has 4 nitrogen and oxygen atoms in total. The second-order valence-electron chi connectivity index (χ2n) is 3.60. The molecule has 0 saturated carbocycles. The van der Waals surface area contributed by atoms with E-state index in [4.69, 9.17) is 0 Å². The Hall–Kier alpha value is -1.32. The lowest BCUT2D eigenvalue weighted by molar-refractivity contribution is 0.599. The van der Waals surface area contributed by atoms with E-state index in [1.165, 1.54) is 0 Å². The Bertz CT molecular complexity index is 337. The third-order valence-electron chi connectivity index (χ3n) is 2.27. The van der Waals surface area contributed by atoms with Crippen LogP contribution in [0.25, 0.3) is 0 Å². The second-order valence-corrected chi connectivity index (χ2v) is 3.60. The van der Waals surface area contributed by atoms with Crippen molar-refractivity contribution in [1.29, 1.82) is 0 Å². The molecule has 1 atom stereocenters. The molecule has 1 aliphatic heterocycles. The first-order valence-corrected chi connectivity index (χ1v) is 4.55. The zero-order valence-corrected chi connectivity index (χ0v) is 8.15. The number of hydrogen-bond donors (Lipinski definition) is 1. The zero-order chi connectivity index (χ0) is 9.42. The maximum Gasteiger partial charge on any atom is 0.159 e. The van der Waals surface area contributed by atoms with Crippen LogP contribution in [0.2, 0.25) is 0 Å². The molecule has 1 aromatic rings. The van der Waals surface area contributed by atoms with Crippen LogP contribution in [-0.2, 0) is 0 Å². The van der Waals surface area contributed by atoms with Crippen LogP contribution in [0.4, 0.5) is 5.82 Å². The smallest absolute Gasteiger partial charge is 0.159 e. The molecule has 2 rings (SSSR count). The van der Waals surface area contributed by atoms with Gasteiger partial charge in [0.15, 0.2) is 5.82 Å². The molecule has 0 saturated heterocycles. The van der Waals surface area contributed by atoms with Crippen molar-refractivity contribution in [2.75, 3.05) is 0 Å². The first kappa shape index (κ1) is 8.29. The first-order valence-electron chi connectivity index (χ1n) is 4.55. The number of rotatable bonds is 1. The standard InChI is InChI=1S/C9H14N4/c1-6(2)13-5-12-8-7(3)10-4-11-9(8)13/h4-7H,1-3H3,(H,10,11). The Morgan fingerprint density at radius 3 is 3.00 bits per heavy atom. The summed E-state index contributed by atoms with van der Waals surface area (Å²) in [7, 11) is 0. The molecule has 0 aliphatic carbocycles. The van der Waals surface area contributed by atoms with Crippen LogP contribution in [0.15, 0.2) is 11.3 Å². The largest absolute Gasteiger partial charge is 0.368 e. The van der Waals surface area contributed by atoms with Gasteiger partial charge in [0.2, 0.25) is 0 Å². The van der Waals surface area contributed by atoms with E-state index >= 15 is 0 Å². The number of nitrogens with zero attached hydrogens (tertiary/aromatic N) is 3. The number of hydrogen-bond acceptors (Lipinski definition) is 3. The van der Waals surface area contributed by atoms with Crippen molar-refractivity contribution in [1.82, 2.24) is 14.9 Å². The number of fused-ring (bicyclic) bond motifs is 1. The van der Waals surface area contributed by atoms with Gasteiger partial charge in [-0.1, -0.05) is 0 Å². The summed E-state index contributed by atoms with van der Waals surface area (Å²) in [6.07, 6.45) is 3.60. The quantitative estimate of drug-likeness (QED) is 0.712. The van der Waals surface area contributed by atoms with Crippen LogP contribution < -0.4 is 5.32 Å². The van der Waals surface area contributed by atoms with Gasteiger partial charge in [-0.3, -0.25) is 0 Å². The van der Waals surface area contributed by atoms with Gasteiger partial charge in [-0.25, -0.2) is 9.98 Å². The molecular weight excluding hydrogens is 164 g/mol. The van der Waals surface area contributed by atoms with Gasteiger partial charge in [-0.05, 0) is 20.8 Å². The van der Waals surface area contributed by atoms with Gasteiger partial charge >= 0.3 is 0 Å². The summed E-state index contributed by atoms with van der Waals surface area (Å²) in [6, 6.07) is 0.686. The minimum absolute atomic E-state index is 0.271.